The fraction of sp³-hybridized carbons (Fsp3) is 0.278. The monoisotopic (exact) mass is 317 g/mol. The van der Waals surface area contributed by atoms with Crippen LogP contribution in [0.15, 0.2) is 48.5 Å². The minimum absolute atomic E-state index is 0.135. The van der Waals surface area contributed by atoms with Crippen LogP contribution in [0.1, 0.15) is 17.2 Å². The first-order chi connectivity index (χ1) is 11.0. The molecule has 0 fully saturated rings. The van der Waals surface area contributed by atoms with Crippen molar-refractivity contribution in [3.05, 3.63) is 65.5 Å². The zero-order valence-electron chi connectivity index (χ0n) is 13.2. The highest BCUT2D eigenvalue weighted by atomic mass is 19.1. The molecule has 2 rings (SSSR count). The lowest BCUT2D eigenvalue weighted by Crippen LogP contribution is -2.32. The fourth-order valence-electron chi connectivity index (χ4n) is 2.20. The number of methoxy groups -OCH3 is 1. The Morgan fingerprint density at radius 2 is 1.78 bits per heavy atom. The van der Waals surface area contributed by atoms with E-state index < -0.39 is 6.10 Å². The van der Waals surface area contributed by atoms with Gasteiger partial charge in [0, 0.05) is 7.05 Å². The maximum Gasteiger partial charge on any atom is 0.226 e. The maximum absolute atomic E-state index is 12.9. The van der Waals surface area contributed by atoms with E-state index in [4.69, 9.17) is 4.74 Å². The molecule has 0 heterocycles. The average molecular weight is 317 g/mol. The van der Waals surface area contributed by atoms with Crippen molar-refractivity contribution in [1.82, 2.24) is 4.90 Å². The van der Waals surface area contributed by atoms with Crippen molar-refractivity contribution in [1.29, 1.82) is 0 Å². The molecule has 23 heavy (non-hydrogen) atoms. The van der Waals surface area contributed by atoms with Crippen molar-refractivity contribution in [3.8, 4) is 5.75 Å². The van der Waals surface area contributed by atoms with E-state index >= 15 is 0 Å². The second kappa shape index (κ2) is 7.74. The van der Waals surface area contributed by atoms with Crippen LogP contribution in [0.4, 0.5) is 4.39 Å². The number of carbonyl (C=O) groups is 1. The van der Waals surface area contributed by atoms with Gasteiger partial charge in [-0.3, -0.25) is 4.79 Å². The molecule has 122 valence electrons. The molecule has 5 heteroatoms. The Kier molecular flexibility index (Phi) is 5.71. The van der Waals surface area contributed by atoms with Crippen molar-refractivity contribution in [2.45, 2.75) is 12.5 Å². The number of aliphatic hydroxyl groups is 1. The van der Waals surface area contributed by atoms with Crippen molar-refractivity contribution in [3.63, 3.8) is 0 Å². The van der Waals surface area contributed by atoms with Gasteiger partial charge >= 0.3 is 0 Å². The topological polar surface area (TPSA) is 49.8 Å². The lowest BCUT2D eigenvalue weighted by Gasteiger charge is -2.21. The number of benzene rings is 2. The minimum Gasteiger partial charge on any atom is -0.497 e. The molecule has 4 nitrogen and oxygen atoms in total. The number of hydrogen-bond acceptors (Lipinski definition) is 3. The van der Waals surface area contributed by atoms with Crippen molar-refractivity contribution >= 4 is 5.91 Å². The Morgan fingerprint density at radius 3 is 2.35 bits per heavy atom. The first-order valence-electron chi connectivity index (χ1n) is 7.30. The summed E-state index contributed by atoms with van der Waals surface area (Å²) in [5.41, 5.74) is 1.45. The van der Waals surface area contributed by atoms with Gasteiger partial charge in [0.25, 0.3) is 0 Å². The fourth-order valence-corrected chi connectivity index (χ4v) is 2.20. The third-order valence-electron chi connectivity index (χ3n) is 3.64. The molecule has 1 unspecified atom stereocenters. The molecule has 0 spiro atoms. The first kappa shape index (κ1) is 17.0. The lowest BCUT2D eigenvalue weighted by atomic mass is 10.1. The number of likely N-dealkylation sites (N-methyl/N-ethyl adjacent to an activating group) is 1. The Morgan fingerprint density at radius 1 is 1.17 bits per heavy atom. The van der Waals surface area contributed by atoms with E-state index in [2.05, 4.69) is 0 Å². The molecule has 2 aromatic rings. The minimum atomic E-state index is -0.775. The van der Waals surface area contributed by atoms with Crippen LogP contribution in [0, 0.1) is 5.82 Å². The standard InChI is InChI=1S/C18H20FNO3/c1-20(18(22)11-13-3-7-15(19)8-4-13)12-17(21)14-5-9-16(23-2)10-6-14/h3-10,17,21H,11-12H2,1-2H3. The van der Waals surface area contributed by atoms with Crippen LogP contribution in [0.5, 0.6) is 5.75 Å². The van der Waals surface area contributed by atoms with Gasteiger partial charge in [0.15, 0.2) is 0 Å². The van der Waals surface area contributed by atoms with Crippen molar-refractivity contribution < 1.29 is 19.0 Å². The summed E-state index contributed by atoms with van der Waals surface area (Å²) in [6.07, 6.45) is -0.602. The van der Waals surface area contributed by atoms with E-state index in [0.717, 1.165) is 5.56 Å². The SMILES string of the molecule is COc1ccc(C(O)CN(C)C(=O)Cc2ccc(F)cc2)cc1. The van der Waals surface area contributed by atoms with Crippen LogP contribution in [0.2, 0.25) is 0 Å². The summed E-state index contributed by atoms with van der Waals surface area (Å²) < 4.78 is 17.9. The van der Waals surface area contributed by atoms with Crippen LogP contribution in [0.25, 0.3) is 0 Å². The van der Waals surface area contributed by atoms with Gasteiger partial charge in [0.1, 0.15) is 11.6 Å². The maximum atomic E-state index is 12.9. The van der Waals surface area contributed by atoms with E-state index in [1.165, 1.54) is 17.0 Å². The van der Waals surface area contributed by atoms with Crippen molar-refractivity contribution in [2.24, 2.45) is 0 Å². The van der Waals surface area contributed by atoms with Gasteiger partial charge in [-0.15, -0.1) is 0 Å². The van der Waals surface area contributed by atoms with Crippen LogP contribution in [0.3, 0.4) is 0 Å². The van der Waals surface area contributed by atoms with Crippen molar-refractivity contribution in [2.75, 3.05) is 20.7 Å². The van der Waals surface area contributed by atoms with Crippen LogP contribution in [-0.4, -0.2) is 36.6 Å². The summed E-state index contributed by atoms with van der Waals surface area (Å²) in [6.45, 7) is 0.187. The van der Waals surface area contributed by atoms with Gasteiger partial charge in [0.2, 0.25) is 5.91 Å². The van der Waals surface area contributed by atoms with E-state index in [-0.39, 0.29) is 24.7 Å². The zero-order chi connectivity index (χ0) is 16.8. The molecule has 0 aromatic heterocycles. The highest BCUT2D eigenvalue weighted by Crippen LogP contribution is 2.18. The predicted molar refractivity (Wildman–Crippen MR) is 85.7 cm³/mol. The van der Waals surface area contributed by atoms with Crippen LogP contribution in [-0.2, 0) is 11.2 Å². The Balaban J connectivity index is 1.92. The largest absolute Gasteiger partial charge is 0.497 e. The number of hydrogen-bond donors (Lipinski definition) is 1. The second-order valence-electron chi connectivity index (χ2n) is 5.37. The van der Waals surface area contributed by atoms with Crippen LogP contribution < -0.4 is 4.74 Å². The van der Waals surface area contributed by atoms with Gasteiger partial charge in [-0.2, -0.15) is 0 Å². The number of ether oxygens (including phenoxy) is 1. The van der Waals surface area contributed by atoms with Gasteiger partial charge in [-0.05, 0) is 35.4 Å². The quantitative estimate of drug-likeness (QED) is 0.891. The number of halogens is 1. The Labute approximate surface area is 135 Å². The molecule has 2 aromatic carbocycles. The summed E-state index contributed by atoms with van der Waals surface area (Å²) >= 11 is 0. The van der Waals surface area contributed by atoms with Gasteiger partial charge in [0.05, 0.1) is 26.2 Å². The van der Waals surface area contributed by atoms with E-state index in [1.807, 2.05) is 0 Å². The molecule has 0 bridgehead atoms. The molecule has 0 aliphatic carbocycles. The number of carbonyl (C=O) groups excluding carboxylic acids is 1. The van der Waals surface area contributed by atoms with E-state index in [9.17, 15) is 14.3 Å². The van der Waals surface area contributed by atoms with Gasteiger partial charge in [-0.25, -0.2) is 4.39 Å². The number of rotatable bonds is 6. The molecular formula is C18H20FNO3. The summed E-state index contributed by atoms with van der Waals surface area (Å²) in [7, 11) is 3.21. The summed E-state index contributed by atoms with van der Waals surface area (Å²) in [6, 6.07) is 12.9. The highest BCUT2D eigenvalue weighted by molar-refractivity contribution is 5.78. The average Bonchev–Trinajstić information content (AvgIpc) is 2.56. The molecule has 1 atom stereocenters. The highest BCUT2D eigenvalue weighted by Gasteiger charge is 2.15. The number of amides is 1. The summed E-state index contributed by atoms with van der Waals surface area (Å²) in [4.78, 5) is 13.6. The molecule has 1 amide bonds. The van der Waals surface area contributed by atoms with Crippen LogP contribution >= 0.6 is 0 Å². The molecule has 1 N–H and O–H groups in total. The molecular weight excluding hydrogens is 297 g/mol. The normalized spacial score (nSPS) is 11.8. The Hall–Kier alpha value is -2.40. The predicted octanol–water partition coefficient (Wildman–Crippen LogP) is 2.57. The number of aliphatic hydroxyl groups excluding tert-OH is 1. The third kappa shape index (κ3) is 4.79. The van der Waals surface area contributed by atoms with E-state index in [1.54, 1.807) is 50.6 Å². The summed E-state index contributed by atoms with van der Waals surface area (Å²) in [5.74, 6) is 0.246. The zero-order valence-corrected chi connectivity index (χ0v) is 13.2. The molecule has 0 aliphatic heterocycles. The third-order valence-corrected chi connectivity index (χ3v) is 3.64. The van der Waals surface area contributed by atoms with Gasteiger partial charge < -0.3 is 14.7 Å². The molecule has 0 saturated heterocycles. The Bertz CT molecular complexity index is 640. The summed E-state index contributed by atoms with van der Waals surface area (Å²) in [5, 5.41) is 10.2. The van der Waals surface area contributed by atoms with Gasteiger partial charge in [-0.1, -0.05) is 24.3 Å². The molecule has 0 saturated carbocycles. The molecule has 0 radical (unpaired) electrons. The second-order valence-corrected chi connectivity index (χ2v) is 5.37. The van der Waals surface area contributed by atoms with E-state index in [0.29, 0.717) is 11.3 Å². The molecule has 0 aliphatic rings. The smallest absolute Gasteiger partial charge is 0.226 e. The number of nitrogens with zero attached hydrogens (tertiary/aromatic N) is 1. The lowest BCUT2D eigenvalue weighted by molar-refractivity contribution is -0.130. The first-order valence-corrected chi connectivity index (χ1v) is 7.30.